The highest BCUT2D eigenvalue weighted by atomic mass is 16.5. The monoisotopic (exact) mass is 246 g/mol. The lowest BCUT2D eigenvalue weighted by molar-refractivity contribution is 0.321. The van der Waals surface area contributed by atoms with Crippen LogP contribution in [-0.4, -0.2) is 17.7 Å². The van der Waals surface area contributed by atoms with Crippen LogP contribution >= 0.6 is 0 Å². The van der Waals surface area contributed by atoms with E-state index in [0.29, 0.717) is 6.54 Å². The minimum atomic E-state index is -0.0782. The maximum Gasteiger partial charge on any atom is 0.128 e. The van der Waals surface area contributed by atoms with E-state index in [9.17, 15) is 0 Å². The number of benzene rings is 1. The van der Waals surface area contributed by atoms with Gasteiger partial charge in [0.15, 0.2) is 0 Å². The molecule has 1 aromatic heterocycles. The average Bonchev–Trinajstić information content (AvgIpc) is 2.81. The number of nitrogens with two attached hydrogens (primary N) is 1. The van der Waals surface area contributed by atoms with Crippen molar-refractivity contribution in [3.8, 4) is 5.75 Å². The fourth-order valence-corrected chi connectivity index (χ4v) is 2.10. The van der Waals surface area contributed by atoms with Gasteiger partial charge in [-0.15, -0.1) is 0 Å². The molecule has 0 aliphatic carbocycles. The molecule has 0 amide bonds. The molecule has 2 rings (SSSR count). The molecule has 98 valence electrons. The Bertz CT molecular complexity index is 528. The van der Waals surface area contributed by atoms with Gasteiger partial charge in [0.25, 0.3) is 0 Å². The van der Waals surface area contributed by atoms with Crippen LogP contribution in [0.15, 0.2) is 30.5 Å². The number of nitrogens with zero attached hydrogens (tertiary/aromatic N) is 1. The van der Waals surface area contributed by atoms with Crippen molar-refractivity contribution in [2.75, 3.05) is 13.2 Å². The van der Waals surface area contributed by atoms with Gasteiger partial charge in [0.2, 0.25) is 0 Å². The van der Waals surface area contributed by atoms with Gasteiger partial charge in [0.05, 0.1) is 17.7 Å². The zero-order chi connectivity index (χ0) is 13.2. The maximum atomic E-state index is 5.85. The van der Waals surface area contributed by atoms with E-state index in [1.54, 1.807) is 0 Å². The lowest BCUT2D eigenvalue weighted by Gasteiger charge is -2.26. The van der Waals surface area contributed by atoms with Crippen molar-refractivity contribution in [2.45, 2.75) is 32.7 Å². The number of hydrogen-bond donors (Lipinski definition) is 1. The molecule has 0 unspecified atom stereocenters. The summed E-state index contributed by atoms with van der Waals surface area (Å²) in [4.78, 5) is 0. The van der Waals surface area contributed by atoms with Gasteiger partial charge in [-0.1, -0.05) is 13.0 Å². The summed E-state index contributed by atoms with van der Waals surface area (Å²) in [5.41, 5.74) is 6.96. The Morgan fingerprint density at radius 1 is 1.28 bits per heavy atom. The Morgan fingerprint density at radius 2 is 2.06 bits per heavy atom. The highest BCUT2D eigenvalue weighted by Crippen LogP contribution is 2.30. The fraction of sp³-hybridized carbons (Fsp3) is 0.467. The summed E-state index contributed by atoms with van der Waals surface area (Å²) in [6.07, 6.45) is 3.11. The summed E-state index contributed by atoms with van der Waals surface area (Å²) < 4.78 is 8.01. The molecular formula is C15H22N2O. The molecule has 0 spiro atoms. The third-order valence-corrected chi connectivity index (χ3v) is 3.31. The Morgan fingerprint density at radius 3 is 2.72 bits per heavy atom. The van der Waals surface area contributed by atoms with Crippen molar-refractivity contribution in [1.82, 2.24) is 4.57 Å². The molecule has 18 heavy (non-hydrogen) atoms. The highest BCUT2D eigenvalue weighted by molar-refractivity contribution is 5.86. The molecular weight excluding hydrogens is 224 g/mol. The second-order valence-electron chi connectivity index (χ2n) is 5.24. The van der Waals surface area contributed by atoms with Gasteiger partial charge < -0.3 is 15.0 Å². The number of aromatic nitrogens is 1. The molecule has 0 aliphatic heterocycles. The standard InChI is InChI=1S/C15H22N2O/c1-4-10-18-14-7-5-6-13-12(14)8-9-17(13)15(2,3)11-16/h5-9H,4,10-11,16H2,1-3H3. The van der Waals surface area contributed by atoms with Crippen LogP contribution in [0.25, 0.3) is 10.9 Å². The smallest absolute Gasteiger partial charge is 0.128 e. The summed E-state index contributed by atoms with van der Waals surface area (Å²) in [6.45, 7) is 7.77. The van der Waals surface area contributed by atoms with E-state index >= 15 is 0 Å². The molecule has 3 heteroatoms. The zero-order valence-electron chi connectivity index (χ0n) is 11.4. The Kier molecular flexibility index (Phi) is 3.62. The number of fused-ring (bicyclic) bond motifs is 1. The van der Waals surface area contributed by atoms with E-state index in [1.807, 2.05) is 12.1 Å². The van der Waals surface area contributed by atoms with Crippen LogP contribution in [-0.2, 0) is 5.54 Å². The molecule has 0 atom stereocenters. The van der Waals surface area contributed by atoms with Crippen LogP contribution in [0.3, 0.4) is 0 Å². The molecule has 1 aromatic carbocycles. The molecule has 0 radical (unpaired) electrons. The molecule has 0 bridgehead atoms. The quantitative estimate of drug-likeness (QED) is 0.880. The van der Waals surface area contributed by atoms with Crippen molar-refractivity contribution in [1.29, 1.82) is 0 Å². The minimum absolute atomic E-state index is 0.0782. The van der Waals surface area contributed by atoms with E-state index in [1.165, 1.54) is 5.52 Å². The van der Waals surface area contributed by atoms with Gasteiger partial charge in [-0.3, -0.25) is 0 Å². The van der Waals surface area contributed by atoms with E-state index in [-0.39, 0.29) is 5.54 Å². The first kappa shape index (κ1) is 13.0. The largest absolute Gasteiger partial charge is 0.493 e. The third-order valence-electron chi connectivity index (χ3n) is 3.31. The molecule has 2 N–H and O–H groups in total. The Labute approximate surface area is 109 Å². The van der Waals surface area contributed by atoms with E-state index < -0.39 is 0 Å². The van der Waals surface area contributed by atoms with Gasteiger partial charge in [0.1, 0.15) is 5.75 Å². The van der Waals surface area contributed by atoms with Crippen molar-refractivity contribution in [3.63, 3.8) is 0 Å². The SMILES string of the molecule is CCCOc1cccc2c1ccn2C(C)(C)CN. The lowest BCUT2D eigenvalue weighted by atomic mass is 10.1. The zero-order valence-corrected chi connectivity index (χ0v) is 11.4. The predicted molar refractivity (Wildman–Crippen MR) is 76.1 cm³/mol. The maximum absolute atomic E-state index is 5.85. The van der Waals surface area contributed by atoms with E-state index in [2.05, 4.69) is 43.7 Å². The molecule has 3 nitrogen and oxygen atoms in total. The second-order valence-corrected chi connectivity index (χ2v) is 5.24. The first-order valence-corrected chi connectivity index (χ1v) is 6.53. The molecule has 0 fully saturated rings. The Hall–Kier alpha value is -1.48. The number of hydrogen-bond acceptors (Lipinski definition) is 2. The van der Waals surface area contributed by atoms with Crippen LogP contribution < -0.4 is 10.5 Å². The van der Waals surface area contributed by atoms with E-state index in [4.69, 9.17) is 10.5 Å². The molecule has 0 saturated heterocycles. The fourth-order valence-electron chi connectivity index (χ4n) is 2.10. The summed E-state index contributed by atoms with van der Waals surface area (Å²) >= 11 is 0. The normalized spacial score (nSPS) is 12.0. The predicted octanol–water partition coefficient (Wildman–Crippen LogP) is 3.12. The van der Waals surface area contributed by atoms with Gasteiger partial charge in [0, 0.05) is 18.1 Å². The van der Waals surface area contributed by atoms with Crippen LogP contribution in [0.4, 0.5) is 0 Å². The lowest BCUT2D eigenvalue weighted by Crippen LogP contribution is -2.34. The summed E-state index contributed by atoms with van der Waals surface area (Å²) in [5, 5.41) is 1.16. The van der Waals surface area contributed by atoms with Crippen molar-refractivity contribution < 1.29 is 4.74 Å². The van der Waals surface area contributed by atoms with Crippen LogP contribution in [0, 0.1) is 0 Å². The highest BCUT2D eigenvalue weighted by Gasteiger charge is 2.20. The first-order valence-electron chi connectivity index (χ1n) is 6.53. The Balaban J connectivity index is 2.48. The molecule has 0 saturated carbocycles. The summed E-state index contributed by atoms with van der Waals surface area (Å²) in [5.74, 6) is 0.959. The number of rotatable bonds is 5. The second kappa shape index (κ2) is 5.02. The van der Waals surface area contributed by atoms with Gasteiger partial charge in [-0.05, 0) is 38.5 Å². The van der Waals surface area contributed by atoms with Crippen molar-refractivity contribution in [3.05, 3.63) is 30.5 Å². The minimum Gasteiger partial charge on any atom is -0.493 e. The molecule has 1 heterocycles. The van der Waals surface area contributed by atoms with Crippen LogP contribution in [0.5, 0.6) is 5.75 Å². The van der Waals surface area contributed by atoms with Crippen molar-refractivity contribution >= 4 is 10.9 Å². The van der Waals surface area contributed by atoms with Crippen LogP contribution in [0.1, 0.15) is 27.2 Å². The molecule has 2 aromatic rings. The van der Waals surface area contributed by atoms with Gasteiger partial charge >= 0.3 is 0 Å². The van der Waals surface area contributed by atoms with Gasteiger partial charge in [-0.25, -0.2) is 0 Å². The molecule has 0 aliphatic rings. The average molecular weight is 246 g/mol. The van der Waals surface area contributed by atoms with Crippen molar-refractivity contribution in [2.24, 2.45) is 5.73 Å². The van der Waals surface area contributed by atoms with Gasteiger partial charge in [-0.2, -0.15) is 0 Å². The summed E-state index contributed by atoms with van der Waals surface area (Å²) in [7, 11) is 0. The summed E-state index contributed by atoms with van der Waals surface area (Å²) in [6, 6.07) is 8.29. The topological polar surface area (TPSA) is 40.2 Å². The van der Waals surface area contributed by atoms with Crippen LogP contribution in [0.2, 0.25) is 0 Å². The van der Waals surface area contributed by atoms with E-state index in [0.717, 1.165) is 24.2 Å². The third kappa shape index (κ3) is 2.23. The number of ether oxygens (including phenoxy) is 1. The first-order chi connectivity index (χ1) is 8.60.